The molecule has 0 aliphatic heterocycles. The minimum atomic E-state index is -0.206. The van der Waals surface area contributed by atoms with E-state index in [0.717, 1.165) is 11.3 Å². The molecule has 7 nitrogen and oxygen atoms in total. The number of carbonyl (C=O) groups excluding carboxylic acids is 2. The Morgan fingerprint density at radius 3 is 2.43 bits per heavy atom. The number of benzene rings is 2. The third kappa shape index (κ3) is 5.47. The molecule has 1 aromatic heterocycles. The summed E-state index contributed by atoms with van der Waals surface area (Å²) in [6.07, 6.45) is 2.31. The van der Waals surface area contributed by atoms with E-state index in [1.54, 1.807) is 30.5 Å². The van der Waals surface area contributed by atoms with Crippen LogP contribution < -0.4 is 15.4 Å². The maximum atomic E-state index is 12.8. The number of likely N-dealkylation sites (N-methyl/N-ethyl adjacent to an activating group) is 1. The molecule has 1 heterocycles. The van der Waals surface area contributed by atoms with Gasteiger partial charge in [-0.15, -0.1) is 0 Å². The molecule has 0 aliphatic rings. The van der Waals surface area contributed by atoms with E-state index in [1.807, 2.05) is 48.9 Å². The molecular weight excluding hydrogens is 380 g/mol. The van der Waals surface area contributed by atoms with Gasteiger partial charge < -0.3 is 15.4 Å². The first-order valence-corrected chi connectivity index (χ1v) is 10.00. The molecule has 0 radical (unpaired) electrons. The van der Waals surface area contributed by atoms with Crippen LogP contribution in [-0.2, 0) is 17.8 Å². The van der Waals surface area contributed by atoms with Crippen molar-refractivity contribution in [1.29, 1.82) is 0 Å². The molecule has 7 heteroatoms. The lowest BCUT2D eigenvalue weighted by atomic mass is 10.1. The molecule has 0 unspecified atom stereocenters. The Kier molecular flexibility index (Phi) is 7.21. The number of amides is 2. The van der Waals surface area contributed by atoms with Gasteiger partial charge in [-0.25, -0.2) is 0 Å². The maximum Gasteiger partial charge on any atom is 0.259 e. The first-order valence-electron chi connectivity index (χ1n) is 10.00. The van der Waals surface area contributed by atoms with Crippen LogP contribution in [0.15, 0.2) is 60.8 Å². The smallest absolute Gasteiger partial charge is 0.259 e. The summed E-state index contributed by atoms with van der Waals surface area (Å²) in [7, 11) is 0. The Morgan fingerprint density at radius 1 is 1.03 bits per heavy atom. The summed E-state index contributed by atoms with van der Waals surface area (Å²) in [6.45, 7) is 5.00. The van der Waals surface area contributed by atoms with Crippen molar-refractivity contribution in [1.82, 2.24) is 15.1 Å². The zero-order chi connectivity index (χ0) is 21.3. The number of nitrogens with zero attached hydrogens (tertiary/aromatic N) is 2. The molecule has 0 saturated heterocycles. The first-order chi connectivity index (χ1) is 14.6. The predicted molar refractivity (Wildman–Crippen MR) is 116 cm³/mol. The fraction of sp³-hybridized carbons (Fsp3) is 0.261. The van der Waals surface area contributed by atoms with Crippen molar-refractivity contribution in [3.8, 4) is 5.75 Å². The van der Waals surface area contributed by atoms with Crippen molar-refractivity contribution < 1.29 is 14.3 Å². The van der Waals surface area contributed by atoms with Gasteiger partial charge in [0.2, 0.25) is 0 Å². The molecule has 3 rings (SSSR count). The van der Waals surface area contributed by atoms with Crippen molar-refractivity contribution in [3.63, 3.8) is 0 Å². The van der Waals surface area contributed by atoms with Gasteiger partial charge in [0.1, 0.15) is 5.75 Å². The highest BCUT2D eigenvalue weighted by molar-refractivity contribution is 6.05. The average molecular weight is 406 g/mol. The number of nitrogens with one attached hydrogen (secondary N) is 2. The topological polar surface area (TPSA) is 85.2 Å². The molecule has 2 N–H and O–H groups in total. The Hall–Kier alpha value is -3.61. The van der Waals surface area contributed by atoms with Gasteiger partial charge in [-0.05, 0) is 43.2 Å². The van der Waals surface area contributed by atoms with Crippen molar-refractivity contribution >= 4 is 17.5 Å². The van der Waals surface area contributed by atoms with Crippen LogP contribution in [0.25, 0.3) is 0 Å². The minimum absolute atomic E-state index is 0.0417. The van der Waals surface area contributed by atoms with Crippen LogP contribution in [-0.4, -0.2) is 34.7 Å². The molecule has 0 spiro atoms. The highest BCUT2D eigenvalue weighted by Gasteiger charge is 2.16. The first kappa shape index (κ1) is 21.1. The summed E-state index contributed by atoms with van der Waals surface area (Å²) in [5.41, 5.74) is 3.22. The summed E-state index contributed by atoms with van der Waals surface area (Å²) in [6, 6.07) is 16.9. The van der Waals surface area contributed by atoms with Crippen LogP contribution in [0.3, 0.4) is 0 Å². The summed E-state index contributed by atoms with van der Waals surface area (Å²) in [5, 5.41) is 9.98. The second-order valence-electron chi connectivity index (χ2n) is 6.72. The minimum Gasteiger partial charge on any atom is -0.484 e. The van der Waals surface area contributed by atoms with Crippen LogP contribution in [0, 0.1) is 0 Å². The zero-order valence-electron chi connectivity index (χ0n) is 17.2. The molecule has 0 bridgehead atoms. The Labute approximate surface area is 176 Å². The van der Waals surface area contributed by atoms with Crippen LogP contribution in [0.1, 0.15) is 35.5 Å². The number of anilines is 1. The number of rotatable bonds is 9. The largest absolute Gasteiger partial charge is 0.484 e. The number of ether oxygens (including phenoxy) is 1. The van der Waals surface area contributed by atoms with Gasteiger partial charge in [0.25, 0.3) is 11.8 Å². The lowest BCUT2D eigenvalue weighted by Gasteiger charge is -2.10. The standard InChI is InChI=1S/C23H26N4O3/c1-3-21-20(14-25-27(21)15-17-8-6-5-7-9-17)23(29)26-18-10-12-19(13-11-18)30-16-22(28)24-4-2/h5-14H,3-4,15-16H2,1-2H3,(H,24,28)(H,26,29). The molecule has 30 heavy (non-hydrogen) atoms. The lowest BCUT2D eigenvalue weighted by molar-refractivity contribution is -0.122. The molecule has 0 aliphatic carbocycles. The third-order valence-corrected chi connectivity index (χ3v) is 4.56. The second-order valence-corrected chi connectivity index (χ2v) is 6.72. The van der Waals surface area contributed by atoms with Gasteiger partial charge in [0.15, 0.2) is 6.61 Å². The SMILES string of the molecule is CCNC(=O)COc1ccc(NC(=O)c2cnn(Cc3ccccc3)c2CC)cc1. The van der Waals surface area contributed by atoms with E-state index in [2.05, 4.69) is 15.7 Å². The summed E-state index contributed by atoms with van der Waals surface area (Å²) in [5.74, 6) is 0.181. The molecule has 0 atom stereocenters. The quantitative estimate of drug-likeness (QED) is 0.571. The van der Waals surface area contributed by atoms with Gasteiger partial charge in [0, 0.05) is 12.2 Å². The van der Waals surface area contributed by atoms with Crippen molar-refractivity contribution in [2.75, 3.05) is 18.5 Å². The average Bonchev–Trinajstić information content (AvgIpc) is 3.17. The molecule has 0 saturated carbocycles. The van der Waals surface area contributed by atoms with E-state index in [1.165, 1.54) is 0 Å². The summed E-state index contributed by atoms with van der Waals surface area (Å²) < 4.78 is 7.29. The molecule has 0 fully saturated rings. The van der Waals surface area contributed by atoms with Crippen LogP contribution >= 0.6 is 0 Å². The van der Waals surface area contributed by atoms with Gasteiger partial charge >= 0.3 is 0 Å². The Balaban J connectivity index is 1.63. The van der Waals surface area contributed by atoms with Crippen LogP contribution in [0.4, 0.5) is 5.69 Å². The highest BCUT2D eigenvalue weighted by atomic mass is 16.5. The van der Waals surface area contributed by atoms with Crippen molar-refractivity contribution in [2.24, 2.45) is 0 Å². The number of carbonyl (C=O) groups is 2. The Bertz CT molecular complexity index is 981. The van der Waals surface area contributed by atoms with Gasteiger partial charge in [-0.1, -0.05) is 37.3 Å². The molecule has 2 aromatic carbocycles. The summed E-state index contributed by atoms with van der Waals surface area (Å²) >= 11 is 0. The van der Waals surface area contributed by atoms with Crippen LogP contribution in [0.5, 0.6) is 5.75 Å². The number of aromatic nitrogens is 2. The third-order valence-electron chi connectivity index (χ3n) is 4.56. The van der Waals surface area contributed by atoms with Gasteiger partial charge in [-0.3, -0.25) is 14.3 Å². The zero-order valence-corrected chi connectivity index (χ0v) is 17.2. The number of hydrogen-bond acceptors (Lipinski definition) is 4. The van der Waals surface area contributed by atoms with Gasteiger partial charge in [-0.2, -0.15) is 5.10 Å². The second kappa shape index (κ2) is 10.2. The predicted octanol–water partition coefficient (Wildman–Crippen LogP) is 3.26. The monoisotopic (exact) mass is 406 g/mol. The van der Waals surface area contributed by atoms with Gasteiger partial charge in [0.05, 0.1) is 24.0 Å². The van der Waals surface area contributed by atoms with E-state index in [4.69, 9.17) is 4.74 Å². The lowest BCUT2D eigenvalue weighted by Crippen LogP contribution is -2.28. The van der Waals surface area contributed by atoms with E-state index in [0.29, 0.717) is 36.5 Å². The fourth-order valence-corrected chi connectivity index (χ4v) is 3.10. The normalized spacial score (nSPS) is 10.5. The van der Waals surface area contributed by atoms with E-state index < -0.39 is 0 Å². The molecule has 3 aromatic rings. The van der Waals surface area contributed by atoms with E-state index in [9.17, 15) is 9.59 Å². The molecule has 156 valence electrons. The van der Waals surface area contributed by atoms with E-state index in [-0.39, 0.29) is 18.4 Å². The molecular formula is C23H26N4O3. The van der Waals surface area contributed by atoms with E-state index >= 15 is 0 Å². The Morgan fingerprint density at radius 2 is 1.77 bits per heavy atom. The number of hydrogen-bond donors (Lipinski definition) is 2. The summed E-state index contributed by atoms with van der Waals surface area (Å²) in [4.78, 5) is 24.2. The molecule has 2 amide bonds. The van der Waals surface area contributed by atoms with Crippen molar-refractivity contribution in [3.05, 3.63) is 77.6 Å². The highest BCUT2D eigenvalue weighted by Crippen LogP contribution is 2.18. The van der Waals surface area contributed by atoms with Crippen molar-refractivity contribution in [2.45, 2.75) is 26.8 Å². The van der Waals surface area contributed by atoms with Crippen LogP contribution in [0.2, 0.25) is 0 Å². The fourth-order valence-electron chi connectivity index (χ4n) is 3.10. The maximum absolute atomic E-state index is 12.8.